The Bertz CT molecular complexity index is 550. The van der Waals surface area contributed by atoms with Crippen LogP contribution < -0.4 is 5.73 Å². The van der Waals surface area contributed by atoms with Gasteiger partial charge in [0, 0.05) is 6.54 Å². The highest BCUT2D eigenvalue weighted by molar-refractivity contribution is 5.59. The second kappa shape index (κ2) is 4.79. The van der Waals surface area contributed by atoms with Crippen molar-refractivity contribution in [1.82, 2.24) is 9.97 Å². The van der Waals surface area contributed by atoms with Crippen LogP contribution in [-0.2, 0) is 16.6 Å². The van der Waals surface area contributed by atoms with Gasteiger partial charge in [0.2, 0.25) is 0 Å². The van der Waals surface area contributed by atoms with E-state index >= 15 is 0 Å². The van der Waals surface area contributed by atoms with Crippen LogP contribution in [0.1, 0.15) is 18.3 Å². The Hall–Kier alpha value is -1.65. The maximum atomic E-state index is 5.85. The van der Waals surface area contributed by atoms with Crippen LogP contribution >= 0.6 is 0 Å². The van der Waals surface area contributed by atoms with Crippen molar-refractivity contribution in [1.29, 1.82) is 0 Å². The van der Waals surface area contributed by atoms with E-state index in [1.54, 1.807) is 0 Å². The van der Waals surface area contributed by atoms with Gasteiger partial charge in [-0.25, -0.2) is 4.98 Å². The summed E-state index contributed by atoms with van der Waals surface area (Å²) in [6.45, 7) is 4.04. The third-order valence-electron chi connectivity index (χ3n) is 3.90. The number of hydrogen-bond acceptors (Lipinski definition) is 3. The summed E-state index contributed by atoms with van der Waals surface area (Å²) in [5, 5.41) is 0. The number of H-pyrrole nitrogens is 1. The van der Waals surface area contributed by atoms with Gasteiger partial charge in [0.15, 0.2) is 0 Å². The van der Waals surface area contributed by atoms with Crippen molar-refractivity contribution in [3.8, 4) is 11.3 Å². The van der Waals surface area contributed by atoms with E-state index in [4.69, 9.17) is 10.5 Å². The molecule has 100 valence electrons. The lowest BCUT2D eigenvalue weighted by atomic mass is 9.85. The number of aryl methyl sites for hydroxylation is 1. The molecule has 1 aliphatic rings. The Labute approximate surface area is 113 Å². The first-order valence-electron chi connectivity index (χ1n) is 6.70. The van der Waals surface area contributed by atoms with Gasteiger partial charge in [0.05, 0.1) is 30.5 Å². The molecule has 2 aromatic rings. The van der Waals surface area contributed by atoms with Crippen molar-refractivity contribution in [2.75, 3.05) is 19.8 Å². The molecule has 0 aliphatic carbocycles. The molecule has 4 heteroatoms. The first-order chi connectivity index (χ1) is 9.27. The molecule has 0 amide bonds. The van der Waals surface area contributed by atoms with E-state index in [9.17, 15) is 0 Å². The number of aromatic amines is 1. The van der Waals surface area contributed by atoms with E-state index < -0.39 is 0 Å². The van der Waals surface area contributed by atoms with Crippen molar-refractivity contribution >= 4 is 0 Å². The Morgan fingerprint density at radius 3 is 2.58 bits per heavy atom. The highest BCUT2D eigenvalue weighted by atomic mass is 16.5. The molecule has 0 saturated carbocycles. The number of imidazole rings is 1. The zero-order valence-corrected chi connectivity index (χ0v) is 11.1. The van der Waals surface area contributed by atoms with Crippen molar-refractivity contribution in [3.63, 3.8) is 0 Å². The predicted octanol–water partition coefficient (Wildman–Crippen LogP) is 1.87. The van der Waals surface area contributed by atoms with Crippen LogP contribution in [0.25, 0.3) is 11.3 Å². The van der Waals surface area contributed by atoms with Gasteiger partial charge in [-0.1, -0.05) is 31.2 Å². The lowest BCUT2D eigenvalue weighted by Gasteiger charge is -2.38. The summed E-state index contributed by atoms with van der Waals surface area (Å²) >= 11 is 0. The summed E-state index contributed by atoms with van der Waals surface area (Å²) in [4.78, 5) is 7.87. The summed E-state index contributed by atoms with van der Waals surface area (Å²) in [5.41, 5.74) is 9.27. The lowest BCUT2D eigenvalue weighted by Crippen LogP contribution is -2.52. The summed E-state index contributed by atoms with van der Waals surface area (Å²) in [6.07, 6.45) is 2.94. The Kier molecular flexibility index (Phi) is 3.12. The zero-order valence-electron chi connectivity index (χ0n) is 11.1. The van der Waals surface area contributed by atoms with Gasteiger partial charge in [0.25, 0.3) is 0 Å². The number of hydrogen-bond donors (Lipinski definition) is 2. The number of nitrogens with zero attached hydrogens (tertiary/aromatic N) is 1. The van der Waals surface area contributed by atoms with Crippen LogP contribution in [0.15, 0.2) is 30.5 Å². The molecule has 0 radical (unpaired) electrons. The predicted molar refractivity (Wildman–Crippen MR) is 75.0 cm³/mol. The maximum Gasteiger partial charge on any atom is 0.118 e. The second-order valence-electron chi connectivity index (χ2n) is 5.17. The van der Waals surface area contributed by atoms with Gasteiger partial charge in [-0.3, -0.25) is 0 Å². The standard InChI is InChI=1S/C15H19N3O/c1-2-11-3-5-12(6-4-11)13-7-17-14(18-13)15(8-16)9-19-10-15/h3-7H,2,8-10,16H2,1H3,(H,17,18). The zero-order chi connectivity index (χ0) is 13.3. The molecule has 19 heavy (non-hydrogen) atoms. The molecule has 3 N–H and O–H groups in total. The molecule has 0 spiro atoms. The molecule has 1 fully saturated rings. The average Bonchev–Trinajstić information content (AvgIpc) is 2.88. The largest absolute Gasteiger partial charge is 0.379 e. The Balaban J connectivity index is 1.88. The summed E-state index contributed by atoms with van der Waals surface area (Å²) < 4.78 is 5.29. The molecule has 2 heterocycles. The number of nitrogens with two attached hydrogens (primary N) is 1. The fourth-order valence-electron chi connectivity index (χ4n) is 2.36. The molecule has 3 rings (SSSR count). The van der Waals surface area contributed by atoms with E-state index in [-0.39, 0.29) is 5.41 Å². The molecule has 1 aromatic carbocycles. The van der Waals surface area contributed by atoms with E-state index in [0.29, 0.717) is 19.8 Å². The maximum absolute atomic E-state index is 5.85. The van der Waals surface area contributed by atoms with Crippen LogP contribution in [0, 0.1) is 0 Å². The van der Waals surface area contributed by atoms with Crippen molar-refractivity contribution in [2.24, 2.45) is 5.73 Å². The van der Waals surface area contributed by atoms with Crippen molar-refractivity contribution in [3.05, 3.63) is 41.9 Å². The molecule has 1 aliphatic heterocycles. The SMILES string of the molecule is CCc1ccc(-c2cnc(C3(CN)COC3)[nH]2)cc1. The smallest absolute Gasteiger partial charge is 0.118 e. The lowest BCUT2D eigenvalue weighted by molar-refractivity contribution is -0.0589. The quantitative estimate of drug-likeness (QED) is 0.878. The van der Waals surface area contributed by atoms with Gasteiger partial charge in [-0.05, 0) is 17.5 Å². The molecule has 0 atom stereocenters. The minimum Gasteiger partial charge on any atom is -0.379 e. The normalized spacial score (nSPS) is 17.2. The number of rotatable bonds is 4. The highest BCUT2D eigenvalue weighted by Gasteiger charge is 2.41. The number of benzene rings is 1. The summed E-state index contributed by atoms with van der Waals surface area (Å²) in [7, 11) is 0. The molecule has 1 aromatic heterocycles. The van der Waals surface area contributed by atoms with Crippen LogP contribution in [0.4, 0.5) is 0 Å². The fourth-order valence-corrected chi connectivity index (χ4v) is 2.36. The third-order valence-corrected chi connectivity index (χ3v) is 3.90. The first kappa shape index (κ1) is 12.4. The Morgan fingerprint density at radius 1 is 1.32 bits per heavy atom. The number of ether oxygens (including phenoxy) is 1. The number of nitrogens with one attached hydrogen (secondary N) is 1. The topological polar surface area (TPSA) is 63.9 Å². The number of aromatic nitrogens is 2. The molecule has 0 bridgehead atoms. The highest BCUT2D eigenvalue weighted by Crippen LogP contribution is 2.30. The van der Waals surface area contributed by atoms with Crippen molar-refractivity contribution < 1.29 is 4.74 Å². The van der Waals surface area contributed by atoms with Crippen LogP contribution in [0.2, 0.25) is 0 Å². The molecule has 0 unspecified atom stereocenters. The van der Waals surface area contributed by atoms with E-state index in [2.05, 4.69) is 41.2 Å². The summed E-state index contributed by atoms with van der Waals surface area (Å²) in [6, 6.07) is 8.56. The molecular formula is C15H19N3O. The minimum absolute atomic E-state index is 0.110. The molecular weight excluding hydrogens is 238 g/mol. The van der Waals surface area contributed by atoms with E-state index in [1.165, 1.54) is 5.56 Å². The van der Waals surface area contributed by atoms with Gasteiger partial charge in [0.1, 0.15) is 5.82 Å². The van der Waals surface area contributed by atoms with Crippen LogP contribution in [0.3, 0.4) is 0 Å². The second-order valence-corrected chi connectivity index (χ2v) is 5.17. The van der Waals surface area contributed by atoms with Gasteiger partial charge >= 0.3 is 0 Å². The fraction of sp³-hybridized carbons (Fsp3) is 0.400. The van der Waals surface area contributed by atoms with E-state index in [1.807, 2.05) is 6.20 Å². The third kappa shape index (κ3) is 2.07. The van der Waals surface area contributed by atoms with Crippen LogP contribution in [0.5, 0.6) is 0 Å². The molecule has 4 nitrogen and oxygen atoms in total. The van der Waals surface area contributed by atoms with E-state index in [0.717, 1.165) is 23.5 Å². The monoisotopic (exact) mass is 257 g/mol. The Morgan fingerprint density at radius 2 is 2.05 bits per heavy atom. The van der Waals surface area contributed by atoms with Gasteiger partial charge in [-0.2, -0.15) is 0 Å². The van der Waals surface area contributed by atoms with Crippen LogP contribution in [-0.4, -0.2) is 29.7 Å². The summed E-state index contributed by atoms with van der Waals surface area (Å²) in [5.74, 6) is 0.941. The van der Waals surface area contributed by atoms with Crippen molar-refractivity contribution in [2.45, 2.75) is 18.8 Å². The minimum atomic E-state index is -0.110. The van der Waals surface area contributed by atoms with Gasteiger partial charge in [-0.15, -0.1) is 0 Å². The average molecular weight is 257 g/mol. The van der Waals surface area contributed by atoms with Gasteiger partial charge < -0.3 is 15.5 Å². The molecule has 1 saturated heterocycles. The first-order valence-corrected chi connectivity index (χ1v) is 6.70.